The molecule has 0 saturated carbocycles. The Hall–Kier alpha value is -2.74. The lowest BCUT2D eigenvalue weighted by atomic mass is 10.1. The molecule has 8 nitrogen and oxygen atoms in total. The summed E-state index contributed by atoms with van der Waals surface area (Å²) in [4.78, 5) is 9.57. The second-order valence-corrected chi connectivity index (χ2v) is 6.93. The highest BCUT2D eigenvalue weighted by Crippen LogP contribution is 2.27. The van der Waals surface area contributed by atoms with Crippen molar-refractivity contribution in [2.45, 2.75) is 19.9 Å². The molecule has 1 aromatic heterocycles. The van der Waals surface area contributed by atoms with Crippen molar-refractivity contribution in [1.29, 1.82) is 0 Å². The number of nitrogens with zero attached hydrogens (tertiary/aromatic N) is 4. The average Bonchev–Trinajstić information content (AvgIpc) is 3.26. The highest BCUT2D eigenvalue weighted by molar-refractivity contribution is 5.80. The molecule has 29 heavy (non-hydrogen) atoms. The first-order valence-corrected chi connectivity index (χ1v) is 10.1. The summed E-state index contributed by atoms with van der Waals surface area (Å²) in [6, 6.07) is 7.94. The predicted molar refractivity (Wildman–Crippen MR) is 113 cm³/mol. The Morgan fingerprint density at radius 3 is 2.59 bits per heavy atom. The van der Waals surface area contributed by atoms with E-state index in [1.54, 1.807) is 20.5 Å². The standard InChI is InChI=1S/C21H31N5O3/c1-4-22-21(23-9-7-17-5-6-19(27-2)20(15-17)28-3)26-12-10-25(11-13-26)16-18-8-14-29-24-18/h5-6,8,14-15H,4,7,9-13,16H2,1-3H3,(H,22,23). The van der Waals surface area contributed by atoms with E-state index in [2.05, 4.69) is 33.3 Å². The number of nitrogens with one attached hydrogen (secondary N) is 1. The number of hydrogen-bond donors (Lipinski definition) is 1. The maximum Gasteiger partial charge on any atom is 0.194 e. The Morgan fingerprint density at radius 1 is 1.14 bits per heavy atom. The fourth-order valence-electron chi connectivity index (χ4n) is 3.42. The fourth-order valence-corrected chi connectivity index (χ4v) is 3.42. The zero-order valence-corrected chi connectivity index (χ0v) is 17.6. The van der Waals surface area contributed by atoms with E-state index in [0.717, 1.165) is 75.4 Å². The van der Waals surface area contributed by atoms with Crippen molar-refractivity contribution in [3.8, 4) is 11.5 Å². The summed E-state index contributed by atoms with van der Waals surface area (Å²) in [5.74, 6) is 2.48. The molecule has 8 heteroatoms. The van der Waals surface area contributed by atoms with Crippen LogP contribution in [0, 0.1) is 0 Å². The van der Waals surface area contributed by atoms with Crippen molar-refractivity contribution >= 4 is 5.96 Å². The van der Waals surface area contributed by atoms with Crippen LogP contribution in [0.15, 0.2) is 40.0 Å². The molecule has 0 unspecified atom stereocenters. The monoisotopic (exact) mass is 401 g/mol. The van der Waals surface area contributed by atoms with Gasteiger partial charge in [0, 0.05) is 51.9 Å². The van der Waals surface area contributed by atoms with Gasteiger partial charge in [0.2, 0.25) is 0 Å². The number of methoxy groups -OCH3 is 2. The van der Waals surface area contributed by atoms with Crippen LogP contribution in [0.5, 0.6) is 11.5 Å². The number of guanidine groups is 1. The minimum Gasteiger partial charge on any atom is -0.493 e. The van der Waals surface area contributed by atoms with Crippen LogP contribution in [0.2, 0.25) is 0 Å². The van der Waals surface area contributed by atoms with Crippen LogP contribution in [0.4, 0.5) is 0 Å². The highest BCUT2D eigenvalue weighted by atomic mass is 16.5. The number of piperazine rings is 1. The molecule has 3 rings (SSSR count). The van der Waals surface area contributed by atoms with Gasteiger partial charge in [0.15, 0.2) is 17.5 Å². The molecule has 1 aliphatic rings. The first kappa shape index (κ1) is 21.0. The van der Waals surface area contributed by atoms with E-state index in [1.807, 2.05) is 18.2 Å². The number of hydrogen-bond acceptors (Lipinski definition) is 6. The number of aromatic nitrogens is 1. The summed E-state index contributed by atoms with van der Waals surface area (Å²) < 4.78 is 15.6. The van der Waals surface area contributed by atoms with Crippen LogP contribution in [-0.4, -0.2) is 74.4 Å². The Labute approximate surface area is 172 Å². The lowest BCUT2D eigenvalue weighted by Crippen LogP contribution is -2.52. The van der Waals surface area contributed by atoms with Crippen molar-refractivity contribution in [3.63, 3.8) is 0 Å². The van der Waals surface area contributed by atoms with Gasteiger partial charge in [0.25, 0.3) is 0 Å². The quantitative estimate of drug-likeness (QED) is 0.536. The molecule has 1 fully saturated rings. The van der Waals surface area contributed by atoms with Crippen molar-refractivity contribution in [2.75, 3.05) is 53.5 Å². The van der Waals surface area contributed by atoms with E-state index in [1.165, 1.54) is 5.56 Å². The summed E-state index contributed by atoms with van der Waals surface area (Å²) in [5, 5.41) is 7.43. The van der Waals surface area contributed by atoms with Crippen LogP contribution in [-0.2, 0) is 13.0 Å². The minimum absolute atomic E-state index is 0.719. The van der Waals surface area contributed by atoms with Gasteiger partial charge in [-0.1, -0.05) is 11.2 Å². The van der Waals surface area contributed by atoms with Crippen LogP contribution < -0.4 is 14.8 Å². The lowest BCUT2D eigenvalue weighted by Gasteiger charge is -2.36. The van der Waals surface area contributed by atoms with Gasteiger partial charge >= 0.3 is 0 Å². The first-order chi connectivity index (χ1) is 14.2. The zero-order chi connectivity index (χ0) is 20.5. The normalized spacial score (nSPS) is 15.4. The molecule has 0 amide bonds. The zero-order valence-electron chi connectivity index (χ0n) is 17.6. The fraction of sp³-hybridized carbons (Fsp3) is 0.524. The van der Waals surface area contributed by atoms with E-state index in [4.69, 9.17) is 19.0 Å². The molecular formula is C21H31N5O3. The van der Waals surface area contributed by atoms with E-state index in [-0.39, 0.29) is 0 Å². The molecular weight excluding hydrogens is 370 g/mol. The molecule has 1 aliphatic heterocycles. The molecule has 1 aromatic carbocycles. The second kappa shape index (κ2) is 10.7. The molecule has 0 aliphatic carbocycles. The van der Waals surface area contributed by atoms with Gasteiger partial charge in [-0.3, -0.25) is 9.89 Å². The van der Waals surface area contributed by atoms with Crippen LogP contribution >= 0.6 is 0 Å². The van der Waals surface area contributed by atoms with Crippen LogP contribution in [0.3, 0.4) is 0 Å². The first-order valence-electron chi connectivity index (χ1n) is 10.1. The third kappa shape index (κ3) is 5.87. The van der Waals surface area contributed by atoms with Gasteiger partial charge in [-0.2, -0.15) is 0 Å². The van der Waals surface area contributed by atoms with Gasteiger partial charge in [0.05, 0.1) is 19.9 Å². The Kier molecular flexibility index (Phi) is 7.75. The topological polar surface area (TPSA) is 75.4 Å². The Morgan fingerprint density at radius 2 is 1.93 bits per heavy atom. The molecule has 1 saturated heterocycles. The smallest absolute Gasteiger partial charge is 0.194 e. The summed E-state index contributed by atoms with van der Waals surface area (Å²) >= 11 is 0. The van der Waals surface area contributed by atoms with Gasteiger partial charge < -0.3 is 24.2 Å². The number of ether oxygens (including phenoxy) is 2. The van der Waals surface area contributed by atoms with Crippen LogP contribution in [0.25, 0.3) is 0 Å². The van der Waals surface area contributed by atoms with Gasteiger partial charge in [0.1, 0.15) is 6.26 Å². The van der Waals surface area contributed by atoms with E-state index < -0.39 is 0 Å². The third-order valence-electron chi connectivity index (χ3n) is 4.99. The van der Waals surface area contributed by atoms with Gasteiger partial charge in [-0.05, 0) is 31.0 Å². The van der Waals surface area contributed by atoms with Crippen molar-refractivity contribution in [1.82, 2.24) is 20.3 Å². The number of benzene rings is 1. The van der Waals surface area contributed by atoms with Gasteiger partial charge in [-0.15, -0.1) is 0 Å². The average molecular weight is 402 g/mol. The molecule has 158 valence electrons. The molecule has 0 atom stereocenters. The van der Waals surface area contributed by atoms with E-state index >= 15 is 0 Å². The van der Waals surface area contributed by atoms with E-state index in [0.29, 0.717) is 0 Å². The number of rotatable bonds is 8. The molecule has 2 heterocycles. The van der Waals surface area contributed by atoms with E-state index in [9.17, 15) is 0 Å². The van der Waals surface area contributed by atoms with Crippen molar-refractivity contribution in [3.05, 3.63) is 41.8 Å². The van der Waals surface area contributed by atoms with Crippen molar-refractivity contribution < 1.29 is 14.0 Å². The summed E-state index contributed by atoms with van der Waals surface area (Å²) in [6.07, 6.45) is 2.47. The van der Waals surface area contributed by atoms with Gasteiger partial charge in [-0.25, -0.2) is 0 Å². The Bertz CT molecular complexity index is 771. The second-order valence-electron chi connectivity index (χ2n) is 6.93. The minimum atomic E-state index is 0.719. The molecule has 2 aromatic rings. The maximum atomic E-state index is 5.39. The maximum absolute atomic E-state index is 5.39. The lowest BCUT2D eigenvalue weighted by molar-refractivity contribution is 0.169. The summed E-state index contributed by atoms with van der Waals surface area (Å²) in [6.45, 7) is 8.35. The number of aliphatic imine (C=N–C) groups is 1. The Balaban J connectivity index is 1.53. The van der Waals surface area contributed by atoms with Crippen molar-refractivity contribution in [2.24, 2.45) is 4.99 Å². The largest absolute Gasteiger partial charge is 0.493 e. The molecule has 0 bridgehead atoms. The molecule has 0 radical (unpaired) electrons. The SMILES string of the molecule is CCNC(=NCCc1ccc(OC)c(OC)c1)N1CCN(Cc2ccon2)CC1. The summed E-state index contributed by atoms with van der Waals surface area (Å²) in [5.41, 5.74) is 2.16. The molecule has 0 spiro atoms. The predicted octanol–water partition coefficient (Wildman–Crippen LogP) is 2.02. The highest BCUT2D eigenvalue weighted by Gasteiger charge is 2.20. The third-order valence-corrected chi connectivity index (χ3v) is 4.99. The molecule has 1 N–H and O–H groups in total. The van der Waals surface area contributed by atoms with Crippen LogP contribution in [0.1, 0.15) is 18.2 Å². The summed E-state index contributed by atoms with van der Waals surface area (Å²) in [7, 11) is 3.31.